The second-order valence-electron chi connectivity index (χ2n) is 5.08. The van der Waals surface area contributed by atoms with Gasteiger partial charge in [0.05, 0.1) is 6.61 Å². The largest absolute Gasteiger partial charge is 0.469 e. The summed E-state index contributed by atoms with van der Waals surface area (Å²) in [5, 5.41) is 16.0. The zero-order chi connectivity index (χ0) is 17.4. The molecule has 0 unspecified atom stereocenters. The molecule has 0 aromatic carbocycles. The highest BCUT2D eigenvalue weighted by molar-refractivity contribution is 7.83. The summed E-state index contributed by atoms with van der Waals surface area (Å²) in [6, 6.07) is 0. The van der Waals surface area contributed by atoms with Crippen molar-refractivity contribution in [2.45, 2.75) is 26.4 Å². The van der Waals surface area contributed by atoms with Crippen molar-refractivity contribution in [3.8, 4) is 0 Å². The van der Waals surface area contributed by atoms with Crippen LogP contribution >= 0.6 is 20.5 Å². The van der Waals surface area contributed by atoms with Crippen LogP contribution in [0.3, 0.4) is 0 Å². The summed E-state index contributed by atoms with van der Waals surface area (Å²) in [4.78, 5) is 40.2. The lowest BCUT2D eigenvalue weighted by Crippen LogP contribution is -2.46. The van der Waals surface area contributed by atoms with Gasteiger partial charge in [-0.25, -0.2) is 4.57 Å². The molecule has 0 aliphatic rings. The van der Waals surface area contributed by atoms with Gasteiger partial charge in [-0.05, 0) is 5.41 Å². The first-order valence-corrected chi connectivity index (χ1v) is 8.29. The summed E-state index contributed by atoms with van der Waals surface area (Å²) in [6.45, 7) is 2.31. The first-order chi connectivity index (χ1) is 9.99. The zero-order valence-corrected chi connectivity index (χ0v) is 14.0. The van der Waals surface area contributed by atoms with Crippen molar-refractivity contribution in [1.82, 2.24) is 10.6 Å². The summed E-state index contributed by atoms with van der Waals surface area (Å²) in [7, 11) is -4.69. The Balaban J connectivity index is 4.29. The number of hydrogen-bond acceptors (Lipinski definition) is 6. The van der Waals surface area contributed by atoms with Crippen LogP contribution < -0.4 is 10.6 Å². The van der Waals surface area contributed by atoms with E-state index in [-0.39, 0.29) is 18.9 Å². The topological polar surface area (TPSA) is 145 Å². The van der Waals surface area contributed by atoms with E-state index in [4.69, 9.17) is 9.79 Å². The number of carbonyl (C=O) groups is 2. The lowest BCUT2D eigenvalue weighted by atomic mass is 9.87. The first-order valence-electron chi connectivity index (χ1n) is 6.24. The minimum atomic E-state index is -4.69. The zero-order valence-electron chi connectivity index (χ0n) is 12.2. The third-order valence-corrected chi connectivity index (χ3v) is 3.18. The maximum Gasteiger partial charge on any atom is 0.469 e. The van der Waals surface area contributed by atoms with E-state index in [1.807, 2.05) is 0 Å². The van der Waals surface area contributed by atoms with Crippen molar-refractivity contribution in [1.29, 1.82) is 0 Å². The maximum atomic E-state index is 11.7. The molecule has 22 heavy (non-hydrogen) atoms. The van der Waals surface area contributed by atoms with Gasteiger partial charge in [0.1, 0.15) is 6.10 Å². The molecular formula is C11H21N2O7PS. The molecule has 0 aromatic rings. The number of nitrogens with one attached hydrogen (secondary N) is 2. The fraction of sp³-hybridized carbons (Fsp3) is 0.636. The van der Waals surface area contributed by atoms with Gasteiger partial charge < -0.3 is 25.5 Å². The molecule has 0 spiro atoms. The van der Waals surface area contributed by atoms with E-state index in [9.17, 15) is 19.3 Å². The number of amides is 2. The number of rotatable bonds is 9. The molecule has 0 radical (unpaired) electrons. The molecule has 0 bridgehead atoms. The van der Waals surface area contributed by atoms with Gasteiger partial charge in [0, 0.05) is 24.6 Å². The third-order valence-electron chi connectivity index (χ3n) is 2.56. The number of aliphatic hydroxyl groups excluding tert-OH is 1. The highest BCUT2D eigenvalue weighted by Gasteiger charge is 2.35. The second kappa shape index (κ2) is 9.29. The van der Waals surface area contributed by atoms with E-state index in [1.165, 1.54) is 25.5 Å². The Morgan fingerprint density at radius 3 is 2.50 bits per heavy atom. The second-order valence-corrected chi connectivity index (χ2v) is 6.62. The Morgan fingerprint density at radius 1 is 1.41 bits per heavy atom. The fourth-order valence-corrected chi connectivity index (χ4v) is 1.86. The van der Waals surface area contributed by atoms with E-state index in [0.29, 0.717) is 0 Å². The molecule has 5 N–H and O–H groups in total. The third kappa shape index (κ3) is 9.19. The van der Waals surface area contributed by atoms with E-state index >= 15 is 0 Å². The van der Waals surface area contributed by atoms with E-state index in [0.717, 1.165) is 0 Å². The molecule has 1 atom stereocenters. The molecule has 0 aromatic heterocycles. The summed E-state index contributed by atoms with van der Waals surface area (Å²) in [6.07, 6.45) is -0.236. The van der Waals surface area contributed by atoms with Gasteiger partial charge in [-0.15, -0.1) is 12.6 Å². The van der Waals surface area contributed by atoms with Crippen molar-refractivity contribution in [2.75, 3.05) is 13.2 Å². The van der Waals surface area contributed by atoms with Gasteiger partial charge in [-0.1, -0.05) is 13.8 Å². The molecule has 0 rings (SSSR count). The molecule has 0 saturated heterocycles. The molecule has 0 aliphatic carbocycles. The van der Waals surface area contributed by atoms with Crippen LogP contribution in [0.15, 0.2) is 11.6 Å². The van der Waals surface area contributed by atoms with Crippen molar-refractivity contribution < 1.29 is 33.6 Å². The average molecular weight is 356 g/mol. The maximum absolute atomic E-state index is 11.7. The molecule has 9 nitrogen and oxygen atoms in total. The van der Waals surface area contributed by atoms with Crippen LogP contribution in [0.5, 0.6) is 0 Å². The van der Waals surface area contributed by atoms with E-state index < -0.39 is 31.9 Å². The predicted octanol–water partition coefficient (Wildman–Crippen LogP) is -0.494. The highest BCUT2D eigenvalue weighted by atomic mass is 32.1. The average Bonchev–Trinajstić information content (AvgIpc) is 2.41. The van der Waals surface area contributed by atoms with Gasteiger partial charge in [-0.2, -0.15) is 0 Å². The van der Waals surface area contributed by atoms with Crippen LogP contribution in [-0.2, 0) is 18.7 Å². The Labute approximate surface area is 133 Å². The van der Waals surface area contributed by atoms with Gasteiger partial charge >= 0.3 is 7.82 Å². The Hall–Kier alpha value is -0.900. The fourth-order valence-electron chi connectivity index (χ4n) is 1.28. The number of carbonyl (C=O) groups excluding carboxylic acids is 2. The Morgan fingerprint density at radius 2 is 2.00 bits per heavy atom. The predicted molar refractivity (Wildman–Crippen MR) is 81.7 cm³/mol. The number of aliphatic hydroxyl groups is 1. The van der Waals surface area contributed by atoms with Crippen molar-refractivity contribution in [3.05, 3.63) is 11.6 Å². The molecule has 0 heterocycles. The molecule has 0 fully saturated rings. The molecule has 128 valence electrons. The minimum absolute atomic E-state index is 0.00241. The van der Waals surface area contributed by atoms with E-state index in [1.54, 1.807) is 0 Å². The quantitative estimate of drug-likeness (QED) is 0.241. The van der Waals surface area contributed by atoms with Crippen LogP contribution in [0.4, 0.5) is 0 Å². The molecule has 11 heteroatoms. The van der Waals surface area contributed by atoms with Crippen molar-refractivity contribution in [3.63, 3.8) is 0 Å². The summed E-state index contributed by atoms with van der Waals surface area (Å²) >= 11 is 3.75. The first kappa shape index (κ1) is 21.1. The molecular weight excluding hydrogens is 335 g/mol. The SMILES string of the molecule is CC(C)(COP(=O)(O)O)[C@@H](O)C(=O)NCCC(=O)N/C=C/S. The Bertz CT molecular complexity index is 463. The molecule has 0 saturated carbocycles. The normalized spacial score (nSPS) is 13.9. The lowest BCUT2D eigenvalue weighted by molar-refractivity contribution is -0.137. The van der Waals surface area contributed by atoms with Crippen LogP contribution in [0, 0.1) is 5.41 Å². The standard InChI is InChI=1S/C11H21N2O7PS/c1-11(2,7-20-21(17,18)19)9(15)10(16)13-4-3-8(14)12-5-6-22/h5-6,9,15,22H,3-4,7H2,1-2H3,(H,12,14)(H,13,16)(H2,17,18,19)/b6-5+/t9-/m0/s1. The van der Waals surface area contributed by atoms with Crippen LogP contribution in [0.2, 0.25) is 0 Å². The lowest BCUT2D eigenvalue weighted by Gasteiger charge is -2.29. The number of phosphoric acid groups is 1. The number of hydrogen-bond donors (Lipinski definition) is 6. The summed E-state index contributed by atoms with van der Waals surface area (Å²) < 4.78 is 14.9. The summed E-state index contributed by atoms with van der Waals surface area (Å²) in [5.41, 5.74) is -1.22. The molecule has 2 amide bonds. The minimum Gasteiger partial charge on any atom is -0.383 e. The van der Waals surface area contributed by atoms with Gasteiger partial charge in [-0.3, -0.25) is 14.1 Å². The highest BCUT2D eigenvalue weighted by Crippen LogP contribution is 2.38. The Kier molecular flexibility index (Phi) is 8.91. The molecule has 0 aliphatic heterocycles. The number of thiol groups is 1. The monoisotopic (exact) mass is 356 g/mol. The van der Waals surface area contributed by atoms with Crippen LogP contribution in [0.25, 0.3) is 0 Å². The van der Waals surface area contributed by atoms with Gasteiger partial charge in [0.15, 0.2) is 0 Å². The smallest absolute Gasteiger partial charge is 0.383 e. The van der Waals surface area contributed by atoms with Gasteiger partial charge in [0.2, 0.25) is 11.8 Å². The van der Waals surface area contributed by atoms with Crippen molar-refractivity contribution in [2.24, 2.45) is 5.41 Å². The van der Waals surface area contributed by atoms with Gasteiger partial charge in [0.25, 0.3) is 0 Å². The van der Waals surface area contributed by atoms with Crippen LogP contribution in [-0.4, -0.2) is 46.0 Å². The van der Waals surface area contributed by atoms with Crippen molar-refractivity contribution >= 4 is 32.3 Å². The van der Waals surface area contributed by atoms with E-state index in [2.05, 4.69) is 27.8 Å². The van der Waals surface area contributed by atoms with Crippen LogP contribution in [0.1, 0.15) is 20.3 Å². The number of phosphoric ester groups is 1. The summed E-state index contributed by atoms with van der Waals surface area (Å²) in [5.74, 6) is -1.11.